The summed E-state index contributed by atoms with van der Waals surface area (Å²) in [6.07, 6.45) is 0. The lowest BCUT2D eigenvalue weighted by molar-refractivity contribution is 0.100. The molecule has 0 radical (unpaired) electrons. The molecule has 0 atom stereocenters. The fraction of sp³-hybridized carbons (Fsp3) is 0.0417. The summed E-state index contributed by atoms with van der Waals surface area (Å²) in [5.41, 5.74) is 2.09. The van der Waals surface area contributed by atoms with Gasteiger partial charge in [-0.2, -0.15) is 4.99 Å². The lowest BCUT2D eigenvalue weighted by Crippen LogP contribution is -2.12. The highest BCUT2D eigenvalue weighted by atomic mass is 32.1. The highest BCUT2D eigenvalue weighted by Gasteiger charge is 2.14. The molecule has 6 aromatic rings. The zero-order valence-electron chi connectivity index (χ0n) is 16.4. The van der Waals surface area contributed by atoms with E-state index in [-0.39, 0.29) is 5.91 Å². The van der Waals surface area contributed by atoms with Crippen LogP contribution in [-0.4, -0.2) is 15.5 Å². The highest BCUT2D eigenvalue weighted by molar-refractivity contribution is 7.26. The van der Waals surface area contributed by atoms with Gasteiger partial charge in [-0.05, 0) is 35.7 Å². The van der Waals surface area contributed by atoms with E-state index in [9.17, 15) is 4.79 Å². The Hall–Kier alpha value is -3.13. The number of para-hydroxylation sites is 1. The Morgan fingerprint density at radius 1 is 0.871 bits per heavy atom. The first-order valence-electron chi connectivity index (χ1n) is 9.69. The third-order valence-corrected chi connectivity index (χ3v) is 8.58. The van der Waals surface area contributed by atoms with Gasteiger partial charge in [-0.15, -0.1) is 22.7 Å². The molecule has 150 valence electrons. The van der Waals surface area contributed by atoms with Gasteiger partial charge in [-0.25, -0.2) is 4.98 Å². The molecule has 0 N–H and O–H groups in total. The number of rotatable bonds is 2. The summed E-state index contributed by atoms with van der Waals surface area (Å²) in [6.45, 7) is 0. The molecule has 3 aromatic heterocycles. The zero-order chi connectivity index (χ0) is 20.9. The van der Waals surface area contributed by atoms with Gasteiger partial charge in [0, 0.05) is 12.4 Å². The van der Waals surface area contributed by atoms with Gasteiger partial charge in [-0.3, -0.25) is 4.79 Å². The first kappa shape index (κ1) is 18.6. The Labute approximate surface area is 189 Å². The molecule has 0 aliphatic rings. The number of fused-ring (bicyclic) bond motifs is 4. The van der Waals surface area contributed by atoms with Crippen LogP contribution in [0, 0.1) is 0 Å². The fourth-order valence-corrected chi connectivity index (χ4v) is 6.65. The Bertz CT molecular complexity index is 1650. The van der Waals surface area contributed by atoms with Crippen LogP contribution in [0.1, 0.15) is 9.67 Å². The van der Waals surface area contributed by atoms with E-state index < -0.39 is 0 Å². The normalized spacial score (nSPS) is 12.4. The van der Waals surface area contributed by atoms with Gasteiger partial charge in [0.15, 0.2) is 4.80 Å². The van der Waals surface area contributed by atoms with E-state index in [0.717, 1.165) is 30.3 Å². The third kappa shape index (κ3) is 3.13. The molecule has 0 aliphatic heterocycles. The average Bonchev–Trinajstić information content (AvgIpc) is 3.51. The Morgan fingerprint density at radius 3 is 2.61 bits per heavy atom. The summed E-state index contributed by atoms with van der Waals surface area (Å²) in [6, 6.07) is 24.4. The van der Waals surface area contributed by atoms with E-state index >= 15 is 0 Å². The van der Waals surface area contributed by atoms with Crippen LogP contribution in [0.3, 0.4) is 0 Å². The summed E-state index contributed by atoms with van der Waals surface area (Å²) in [4.78, 5) is 24.4. The van der Waals surface area contributed by atoms with Gasteiger partial charge in [-0.1, -0.05) is 53.8 Å². The SMILES string of the molecule is Cn1c(=NC(=O)c2ccc(-c3nc4ccccc4s3)s2)sc2ccc3ccccc3c21. The highest BCUT2D eigenvalue weighted by Crippen LogP contribution is 2.34. The molecule has 0 saturated carbocycles. The van der Waals surface area contributed by atoms with Crippen molar-refractivity contribution >= 4 is 71.1 Å². The molecule has 0 fully saturated rings. The number of thiophene rings is 1. The second-order valence-corrected chi connectivity index (χ2v) is 10.3. The van der Waals surface area contributed by atoms with Crippen molar-refractivity contribution in [2.24, 2.45) is 12.0 Å². The Balaban J connectivity index is 1.40. The number of benzene rings is 3. The molecule has 4 nitrogen and oxygen atoms in total. The number of hydrogen-bond acceptors (Lipinski definition) is 5. The maximum Gasteiger partial charge on any atom is 0.289 e. The molecule has 0 spiro atoms. The van der Waals surface area contributed by atoms with Crippen molar-refractivity contribution in [2.75, 3.05) is 0 Å². The van der Waals surface area contributed by atoms with Gasteiger partial charge in [0.2, 0.25) is 0 Å². The van der Waals surface area contributed by atoms with Gasteiger partial charge in [0.05, 0.1) is 30.2 Å². The number of amides is 1. The molecule has 6 rings (SSSR count). The monoisotopic (exact) mass is 457 g/mol. The molecular formula is C24H15N3OS3. The minimum absolute atomic E-state index is 0.219. The van der Waals surface area contributed by atoms with Crippen LogP contribution in [0.4, 0.5) is 0 Å². The summed E-state index contributed by atoms with van der Waals surface area (Å²) < 4.78 is 4.28. The second-order valence-electron chi connectivity index (χ2n) is 7.14. The fourth-order valence-electron chi connectivity index (χ4n) is 3.71. The van der Waals surface area contributed by atoms with Crippen LogP contribution in [0.5, 0.6) is 0 Å². The van der Waals surface area contributed by atoms with E-state index in [0.29, 0.717) is 9.68 Å². The van der Waals surface area contributed by atoms with Crippen molar-refractivity contribution in [2.45, 2.75) is 0 Å². The van der Waals surface area contributed by atoms with Gasteiger partial charge in [0.25, 0.3) is 5.91 Å². The van der Waals surface area contributed by atoms with Crippen LogP contribution in [0.25, 0.3) is 41.1 Å². The first-order chi connectivity index (χ1) is 15.2. The molecule has 0 aliphatic carbocycles. The van der Waals surface area contributed by atoms with Crippen molar-refractivity contribution in [1.29, 1.82) is 0 Å². The number of carbonyl (C=O) groups is 1. The van der Waals surface area contributed by atoms with Gasteiger partial charge in [0.1, 0.15) is 5.01 Å². The lowest BCUT2D eigenvalue weighted by Gasteiger charge is -2.01. The Morgan fingerprint density at radius 2 is 1.71 bits per heavy atom. The van der Waals surface area contributed by atoms with E-state index in [1.807, 2.05) is 54.1 Å². The molecule has 0 unspecified atom stereocenters. The predicted molar refractivity (Wildman–Crippen MR) is 131 cm³/mol. The summed E-state index contributed by atoms with van der Waals surface area (Å²) in [5, 5.41) is 3.28. The topological polar surface area (TPSA) is 47.2 Å². The standard InChI is InChI=1S/C24H15N3OS3/c1-27-21-15-7-3-2-6-14(15)10-11-18(21)31-24(27)26-22(28)19-12-13-20(29-19)23-25-16-8-4-5-9-17(16)30-23/h2-13H,1H3. The number of aryl methyl sites for hydroxylation is 1. The molecule has 0 bridgehead atoms. The summed E-state index contributed by atoms with van der Waals surface area (Å²) in [5.74, 6) is -0.219. The molecule has 7 heteroatoms. The average molecular weight is 458 g/mol. The molecule has 1 amide bonds. The van der Waals surface area contributed by atoms with Crippen molar-refractivity contribution in [3.63, 3.8) is 0 Å². The number of thiazole rings is 2. The van der Waals surface area contributed by atoms with Crippen molar-refractivity contribution < 1.29 is 4.79 Å². The van der Waals surface area contributed by atoms with E-state index in [2.05, 4.69) is 35.3 Å². The molecule has 31 heavy (non-hydrogen) atoms. The van der Waals surface area contributed by atoms with Crippen molar-refractivity contribution in [1.82, 2.24) is 9.55 Å². The van der Waals surface area contributed by atoms with Crippen molar-refractivity contribution in [3.8, 4) is 9.88 Å². The summed E-state index contributed by atoms with van der Waals surface area (Å²) >= 11 is 4.62. The zero-order valence-corrected chi connectivity index (χ0v) is 18.9. The van der Waals surface area contributed by atoms with E-state index in [1.165, 1.54) is 33.4 Å². The van der Waals surface area contributed by atoms with Crippen LogP contribution in [0.2, 0.25) is 0 Å². The number of carbonyl (C=O) groups excluding carboxylic acids is 1. The molecular weight excluding hydrogens is 442 g/mol. The summed E-state index contributed by atoms with van der Waals surface area (Å²) in [7, 11) is 1.97. The Kier molecular flexibility index (Phi) is 4.34. The second kappa shape index (κ2) is 7.23. The van der Waals surface area contributed by atoms with Crippen LogP contribution >= 0.6 is 34.0 Å². The van der Waals surface area contributed by atoms with E-state index in [1.54, 1.807) is 11.3 Å². The van der Waals surface area contributed by atoms with Gasteiger partial charge < -0.3 is 4.57 Å². The first-order valence-corrected chi connectivity index (χ1v) is 12.1. The molecule has 3 heterocycles. The van der Waals surface area contributed by atoms with E-state index in [4.69, 9.17) is 4.98 Å². The minimum Gasteiger partial charge on any atom is -0.319 e. The minimum atomic E-state index is -0.219. The quantitative estimate of drug-likeness (QED) is 0.299. The van der Waals surface area contributed by atoms with Gasteiger partial charge >= 0.3 is 0 Å². The largest absolute Gasteiger partial charge is 0.319 e. The molecule has 3 aromatic carbocycles. The smallest absolute Gasteiger partial charge is 0.289 e. The van der Waals surface area contributed by atoms with Crippen LogP contribution in [-0.2, 0) is 7.05 Å². The number of nitrogens with zero attached hydrogens (tertiary/aromatic N) is 3. The lowest BCUT2D eigenvalue weighted by atomic mass is 10.1. The van der Waals surface area contributed by atoms with Crippen molar-refractivity contribution in [3.05, 3.63) is 82.5 Å². The molecule has 0 saturated heterocycles. The third-order valence-electron chi connectivity index (χ3n) is 5.21. The van der Waals surface area contributed by atoms with Crippen LogP contribution in [0.15, 0.2) is 77.8 Å². The number of hydrogen-bond donors (Lipinski definition) is 0. The van der Waals surface area contributed by atoms with Crippen LogP contribution < -0.4 is 4.80 Å². The predicted octanol–water partition coefficient (Wildman–Crippen LogP) is 6.47. The maximum atomic E-state index is 12.9. The number of aromatic nitrogens is 2. The maximum absolute atomic E-state index is 12.9.